The molecule has 2 aromatic heterocycles. The van der Waals surface area contributed by atoms with Gasteiger partial charge in [-0.1, -0.05) is 0 Å². The van der Waals surface area contributed by atoms with Crippen LogP contribution >= 0.6 is 0 Å². The van der Waals surface area contributed by atoms with Crippen molar-refractivity contribution in [3.63, 3.8) is 0 Å². The third-order valence-corrected chi connectivity index (χ3v) is 4.54. The standard InChI is InChI=1S/C17H14N4O4S/c18-26(24,25)14-3-1-12(2-4-14)16(22)21-15-9-13(10-20-17(15)23)11-5-7-19-8-6-11/h1-10H,(H,20,23)(H,21,22)(H2,18,24,25). The minimum absolute atomic E-state index is 0.0693. The van der Waals surface area contributed by atoms with Gasteiger partial charge < -0.3 is 10.3 Å². The van der Waals surface area contributed by atoms with Crippen molar-refractivity contribution in [3.8, 4) is 11.1 Å². The van der Waals surface area contributed by atoms with Gasteiger partial charge in [-0.25, -0.2) is 13.6 Å². The van der Waals surface area contributed by atoms with Crippen molar-refractivity contribution in [1.82, 2.24) is 9.97 Å². The Hall–Kier alpha value is -3.30. The van der Waals surface area contributed by atoms with Gasteiger partial charge in [0.25, 0.3) is 11.5 Å². The number of nitrogens with one attached hydrogen (secondary N) is 2. The van der Waals surface area contributed by atoms with E-state index in [4.69, 9.17) is 5.14 Å². The molecule has 0 unspecified atom stereocenters. The first-order chi connectivity index (χ1) is 12.3. The van der Waals surface area contributed by atoms with Crippen LogP contribution in [0.15, 0.2) is 70.7 Å². The molecule has 0 spiro atoms. The molecule has 0 fully saturated rings. The molecule has 2 heterocycles. The Kier molecular flexibility index (Phi) is 4.65. The number of amides is 1. The summed E-state index contributed by atoms with van der Waals surface area (Å²) in [5, 5.41) is 7.54. The summed E-state index contributed by atoms with van der Waals surface area (Å²) in [6.07, 6.45) is 4.77. The maximum absolute atomic E-state index is 12.3. The molecule has 0 aliphatic rings. The third kappa shape index (κ3) is 3.85. The number of carbonyl (C=O) groups is 1. The van der Waals surface area contributed by atoms with E-state index in [1.165, 1.54) is 30.5 Å². The number of primary sulfonamides is 1. The molecule has 0 saturated heterocycles. The number of nitrogens with two attached hydrogens (primary N) is 1. The molecule has 3 rings (SSSR count). The Balaban J connectivity index is 1.86. The van der Waals surface area contributed by atoms with Gasteiger partial charge in [-0.15, -0.1) is 0 Å². The zero-order valence-electron chi connectivity index (χ0n) is 13.3. The van der Waals surface area contributed by atoms with Crippen molar-refractivity contribution in [2.75, 3.05) is 5.32 Å². The van der Waals surface area contributed by atoms with Gasteiger partial charge in [-0.05, 0) is 48.0 Å². The van der Waals surface area contributed by atoms with Crippen LogP contribution in [0.25, 0.3) is 11.1 Å². The summed E-state index contributed by atoms with van der Waals surface area (Å²) in [5.74, 6) is -0.552. The van der Waals surface area contributed by atoms with Gasteiger partial charge in [-0.3, -0.25) is 14.6 Å². The Morgan fingerprint density at radius 1 is 1.04 bits per heavy atom. The zero-order chi connectivity index (χ0) is 18.7. The van der Waals surface area contributed by atoms with E-state index in [-0.39, 0.29) is 16.1 Å². The van der Waals surface area contributed by atoms with Gasteiger partial charge in [-0.2, -0.15) is 0 Å². The number of aromatic nitrogens is 2. The van der Waals surface area contributed by atoms with E-state index in [1.807, 2.05) is 0 Å². The highest BCUT2D eigenvalue weighted by Gasteiger charge is 2.12. The van der Waals surface area contributed by atoms with E-state index >= 15 is 0 Å². The van der Waals surface area contributed by atoms with Crippen LogP contribution in [-0.2, 0) is 10.0 Å². The van der Waals surface area contributed by atoms with E-state index in [2.05, 4.69) is 15.3 Å². The SMILES string of the molecule is NS(=O)(=O)c1ccc(C(=O)Nc2cc(-c3ccncc3)c[nH]c2=O)cc1. The van der Waals surface area contributed by atoms with Gasteiger partial charge in [0.15, 0.2) is 0 Å². The fourth-order valence-electron chi connectivity index (χ4n) is 2.28. The second-order valence-corrected chi connectivity index (χ2v) is 6.95. The Morgan fingerprint density at radius 2 is 1.69 bits per heavy atom. The molecule has 0 aliphatic carbocycles. The molecule has 1 amide bonds. The molecule has 1 aromatic carbocycles. The second-order valence-electron chi connectivity index (χ2n) is 5.39. The zero-order valence-corrected chi connectivity index (χ0v) is 14.2. The van der Waals surface area contributed by atoms with Crippen molar-refractivity contribution in [2.45, 2.75) is 4.90 Å². The third-order valence-electron chi connectivity index (χ3n) is 3.61. The minimum atomic E-state index is -3.84. The molecular formula is C17H14N4O4S. The van der Waals surface area contributed by atoms with Crippen molar-refractivity contribution < 1.29 is 13.2 Å². The van der Waals surface area contributed by atoms with Crippen LogP contribution in [0.3, 0.4) is 0 Å². The van der Waals surface area contributed by atoms with Gasteiger partial charge in [0.2, 0.25) is 10.0 Å². The molecular weight excluding hydrogens is 356 g/mol. The average Bonchev–Trinajstić information content (AvgIpc) is 2.63. The fraction of sp³-hybridized carbons (Fsp3) is 0. The number of hydrogen-bond acceptors (Lipinski definition) is 5. The lowest BCUT2D eigenvalue weighted by molar-refractivity contribution is 0.102. The van der Waals surface area contributed by atoms with Crippen molar-refractivity contribution in [2.24, 2.45) is 5.14 Å². The molecule has 0 saturated carbocycles. The van der Waals surface area contributed by atoms with Gasteiger partial charge in [0.05, 0.1) is 4.90 Å². The van der Waals surface area contributed by atoms with Crippen molar-refractivity contribution in [1.29, 1.82) is 0 Å². The highest BCUT2D eigenvalue weighted by molar-refractivity contribution is 7.89. The number of rotatable bonds is 4. The number of pyridine rings is 2. The lowest BCUT2D eigenvalue weighted by atomic mass is 10.1. The molecule has 9 heteroatoms. The summed E-state index contributed by atoms with van der Waals surface area (Å²) >= 11 is 0. The second kappa shape index (κ2) is 6.90. The van der Waals surface area contributed by atoms with Gasteiger partial charge in [0, 0.05) is 29.7 Å². The molecule has 26 heavy (non-hydrogen) atoms. The Labute approximate surface area is 148 Å². The number of anilines is 1. The Bertz CT molecular complexity index is 1110. The molecule has 0 radical (unpaired) electrons. The lowest BCUT2D eigenvalue weighted by Gasteiger charge is -2.07. The van der Waals surface area contributed by atoms with E-state index < -0.39 is 21.5 Å². The van der Waals surface area contributed by atoms with Crippen molar-refractivity contribution in [3.05, 3.63) is 77.0 Å². The van der Waals surface area contributed by atoms with Crippen LogP contribution in [0.1, 0.15) is 10.4 Å². The molecule has 132 valence electrons. The maximum Gasteiger partial charge on any atom is 0.271 e. The first-order valence-electron chi connectivity index (χ1n) is 7.42. The van der Waals surface area contributed by atoms with Crippen LogP contribution in [0, 0.1) is 0 Å². The highest BCUT2D eigenvalue weighted by Crippen LogP contribution is 2.19. The smallest absolute Gasteiger partial charge is 0.271 e. The van der Waals surface area contributed by atoms with Crippen LogP contribution in [-0.4, -0.2) is 24.3 Å². The molecule has 0 aliphatic heterocycles. The number of benzene rings is 1. The fourth-order valence-corrected chi connectivity index (χ4v) is 2.79. The molecule has 3 aromatic rings. The normalized spacial score (nSPS) is 11.1. The topological polar surface area (TPSA) is 135 Å². The number of H-pyrrole nitrogens is 1. The van der Waals surface area contributed by atoms with Crippen molar-refractivity contribution >= 4 is 21.6 Å². The van der Waals surface area contributed by atoms with E-state index in [0.717, 1.165) is 5.56 Å². The monoisotopic (exact) mass is 370 g/mol. The van der Waals surface area contributed by atoms with E-state index in [0.29, 0.717) is 5.56 Å². The summed E-state index contributed by atoms with van der Waals surface area (Å²) in [5.41, 5.74) is 1.32. The van der Waals surface area contributed by atoms with Crippen LogP contribution in [0.2, 0.25) is 0 Å². The minimum Gasteiger partial charge on any atom is -0.327 e. The molecule has 0 atom stereocenters. The Morgan fingerprint density at radius 3 is 2.31 bits per heavy atom. The molecule has 8 nitrogen and oxygen atoms in total. The van der Waals surface area contributed by atoms with Crippen LogP contribution < -0.4 is 16.0 Å². The first kappa shape index (κ1) is 17.5. The predicted molar refractivity (Wildman–Crippen MR) is 96.1 cm³/mol. The first-order valence-corrected chi connectivity index (χ1v) is 8.96. The number of sulfonamides is 1. The van der Waals surface area contributed by atoms with E-state index in [9.17, 15) is 18.0 Å². The predicted octanol–water partition coefficient (Wildman–Crippen LogP) is 1.34. The summed E-state index contributed by atoms with van der Waals surface area (Å²) < 4.78 is 22.5. The summed E-state index contributed by atoms with van der Waals surface area (Å²) in [7, 11) is -3.84. The van der Waals surface area contributed by atoms with E-state index in [1.54, 1.807) is 30.6 Å². The molecule has 4 N–H and O–H groups in total. The number of carbonyl (C=O) groups excluding carboxylic acids is 1. The lowest BCUT2D eigenvalue weighted by Crippen LogP contribution is -2.20. The summed E-state index contributed by atoms with van der Waals surface area (Å²) in [6.45, 7) is 0. The number of hydrogen-bond donors (Lipinski definition) is 3. The van der Waals surface area contributed by atoms with Crippen LogP contribution in [0.4, 0.5) is 5.69 Å². The number of aromatic amines is 1. The van der Waals surface area contributed by atoms with Crippen LogP contribution in [0.5, 0.6) is 0 Å². The maximum atomic E-state index is 12.3. The largest absolute Gasteiger partial charge is 0.327 e. The number of nitrogens with zero attached hydrogens (tertiary/aromatic N) is 1. The quantitative estimate of drug-likeness (QED) is 0.637. The van der Waals surface area contributed by atoms with Gasteiger partial charge >= 0.3 is 0 Å². The highest BCUT2D eigenvalue weighted by atomic mass is 32.2. The average molecular weight is 370 g/mol. The summed E-state index contributed by atoms with van der Waals surface area (Å²) in [6, 6.07) is 10.2. The summed E-state index contributed by atoms with van der Waals surface area (Å²) in [4.78, 5) is 30.7. The van der Waals surface area contributed by atoms with Gasteiger partial charge in [0.1, 0.15) is 5.69 Å². The molecule has 0 bridgehead atoms.